The van der Waals surface area contributed by atoms with Crippen molar-refractivity contribution in [2.75, 3.05) is 26.7 Å². The summed E-state index contributed by atoms with van der Waals surface area (Å²) in [4.78, 5) is 14.3. The predicted octanol–water partition coefficient (Wildman–Crippen LogP) is 6.55. The number of hydrogen-bond donors (Lipinski definition) is 1. The maximum absolute atomic E-state index is 11.5. The Morgan fingerprint density at radius 1 is 0.889 bits per heavy atom. The second kappa shape index (κ2) is 16.3. The Hall–Kier alpha value is -1.59. The summed E-state index contributed by atoms with van der Waals surface area (Å²) in [7, 11) is 1.49. The van der Waals surface area contributed by atoms with Crippen molar-refractivity contribution in [3.8, 4) is 0 Å². The first kappa shape index (κ1) is 30.6. The number of halogens is 2. The molecular formula is C30H44Cl2N2O2. The van der Waals surface area contributed by atoms with Gasteiger partial charge in [-0.25, -0.2) is 0 Å². The number of rotatable bonds is 10. The Labute approximate surface area is 230 Å². The van der Waals surface area contributed by atoms with Gasteiger partial charge >= 0.3 is 5.97 Å². The SMILES string of the molecule is COC(=O)CCC1CCC(N(CCc2ccccc2)Cc2ccc(C3CCNCC3)cc2)CC1.Cl.Cl. The molecule has 0 aromatic heterocycles. The van der Waals surface area contributed by atoms with Crippen LogP contribution in [0.2, 0.25) is 0 Å². The fraction of sp³-hybridized carbons (Fsp3) is 0.567. The third-order valence-electron chi connectivity index (χ3n) is 8.02. The number of esters is 1. The van der Waals surface area contributed by atoms with E-state index in [-0.39, 0.29) is 30.8 Å². The van der Waals surface area contributed by atoms with Gasteiger partial charge in [0.2, 0.25) is 0 Å². The first-order valence-corrected chi connectivity index (χ1v) is 13.4. The number of carbonyl (C=O) groups is 1. The van der Waals surface area contributed by atoms with Crippen LogP contribution in [-0.4, -0.2) is 43.7 Å². The highest BCUT2D eigenvalue weighted by atomic mass is 35.5. The Bertz CT molecular complexity index is 864. The Morgan fingerprint density at radius 2 is 1.56 bits per heavy atom. The standard InChI is InChI=1S/C30H42N2O2.2ClH/c1-34-30(33)16-11-25-9-14-29(15-10-25)32(22-19-24-5-3-2-4-6-24)23-26-7-12-27(13-8-26)28-17-20-31-21-18-28;;/h2-8,12-13,25,28-29,31H,9-11,14-23H2,1H3;2*1H. The number of nitrogens with zero attached hydrogens (tertiary/aromatic N) is 1. The van der Waals surface area contributed by atoms with E-state index in [0.29, 0.717) is 24.3 Å². The maximum Gasteiger partial charge on any atom is 0.305 e. The van der Waals surface area contributed by atoms with Gasteiger partial charge in [0, 0.05) is 25.6 Å². The van der Waals surface area contributed by atoms with Crippen molar-refractivity contribution < 1.29 is 9.53 Å². The van der Waals surface area contributed by atoms with Crippen molar-refractivity contribution in [2.24, 2.45) is 5.92 Å². The van der Waals surface area contributed by atoms with Crippen molar-refractivity contribution in [1.82, 2.24) is 10.2 Å². The van der Waals surface area contributed by atoms with Crippen LogP contribution >= 0.6 is 24.8 Å². The lowest BCUT2D eigenvalue weighted by Gasteiger charge is -2.37. The zero-order valence-electron chi connectivity index (χ0n) is 21.7. The molecule has 2 aromatic carbocycles. The molecule has 1 saturated carbocycles. The smallest absolute Gasteiger partial charge is 0.305 e. The molecule has 0 amide bonds. The second-order valence-electron chi connectivity index (χ2n) is 10.3. The third kappa shape index (κ3) is 9.37. The highest BCUT2D eigenvalue weighted by Crippen LogP contribution is 2.32. The predicted molar refractivity (Wildman–Crippen MR) is 153 cm³/mol. The number of methoxy groups -OCH3 is 1. The van der Waals surface area contributed by atoms with Crippen LogP contribution in [0.4, 0.5) is 0 Å². The molecule has 2 aromatic rings. The average molecular weight is 536 g/mol. The van der Waals surface area contributed by atoms with E-state index in [2.05, 4.69) is 64.8 Å². The van der Waals surface area contributed by atoms with Gasteiger partial charge in [0.15, 0.2) is 0 Å². The van der Waals surface area contributed by atoms with Crippen molar-refractivity contribution in [3.63, 3.8) is 0 Å². The van der Waals surface area contributed by atoms with Crippen LogP contribution in [0, 0.1) is 5.92 Å². The van der Waals surface area contributed by atoms with Crippen molar-refractivity contribution in [1.29, 1.82) is 0 Å². The normalized spacial score (nSPS) is 20.3. The monoisotopic (exact) mass is 534 g/mol. The molecule has 0 spiro atoms. The average Bonchev–Trinajstić information content (AvgIpc) is 2.91. The second-order valence-corrected chi connectivity index (χ2v) is 10.3. The molecular weight excluding hydrogens is 491 g/mol. The van der Waals surface area contributed by atoms with E-state index >= 15 is 0 Å². The topological polar surface area (TPSA) is 41.6 Å². The number of benzene rings is 2. The van der Waals surface area contributed by atoms with Gasteiger partial charge in [-0.3, -0.25) is 9.69 Å². The van der Waals surface area contributed by atoms with Gasteiger partial charge < -0.3 is 10.1 Å². The van der Waals surface area contributed by atoms with E-state index in [0.717, 1.165) is 39.0 Å². The van der Waals surface area contributed by atoms with Crippen molar-refractivity contribution >= 4 is 30.8 Å². The van der Waals surface area contributed by atoms with E-state index in [1.807, 2.05) is 0 Å². The number of piperidine rings is 1. The largest absolute Gasteiger partial charge is 0.469 e. The molecule has 1 heterocycles. The summed E-state index contributed by atoms with van der Waals surface area (Å²) in [5.74, 6) is 1.31. The molecule has 0 radical (unpaired) electrons. The Kier molecular flexibility index (Phi) is 13.9. The minimum Gasteiger partial charge on any atom is -0.469 e. The molecule has 36 heavy (non-hydrogen) atoms. The molecule has 4 nitrogen and oxygen atoms in total. The van der Waals surface area contributed by atoms with E-state index in [1.54, 1.807) is 0 Å². The molecule has 2 aliphatic rings. The van der Waals surface area contributed by atoms with Crippen LogP contribution in [0.15, 0.2) is 54.6 Å². The lowest BCUT2D eigenvalue weighted by atomic mass is 9.82. The molecule has 6 heteroatoms. The first-order valence-electron chi connectivity index (χ1n) is 13.4. The number of carbonyl (C=O) groups excluding carboxylic acids is 1. The van der Waals surface area contributed by atoms with E-state index in [1.165, 1.54) is 62.3 Å². The van der Waals surface area contributed by atoms with Crippen LogP contribution in [-0.2, 0) is 22.5 Å². The first-order chi connectivity index (χ1) is 16.7. The van der Waals surface area contributed by atoms with Gasteiger partial charge in [0.05, 0.1) is 7.11 Å². The van der Waals surface area contributed by atoms with E-state index in [9.17, 15) is 4.79 Å². The number of nitrogens with one attached hydrogen (secondary N) is 1. The molecule has 0 unspecified atom stereocenters. The summed E-state index contributed by atoms with van der Waals surface area (Å²) in [5.41, 5.74) is 4.35. The molecule has 4 rings (SSSR count). The zero-order valence-corrected chi connectivity index (χ0v) is 23.3. The van der Waals surface area contributed by atoms with Crippen LogP contribution in [0.5, 0.6) is 0 Å². The lowest BCUT2D eigenvalue weighted by Crippen LogP contribution is -2.39. The molecule has 1 aliphatic carbocycles. The Morgan fingerprint density at radius 3 is 2.19 bits per heavy atom. The van der Waals surface area contributed by atoms with E-state index < -0.39 is 0 Å². The van der Waals surface area contributed by atoms with Gasteiger partial charge in [-0.15, -0.1) is 24.8 Å². The third-order valence-corrected chi connectivity index (χ3v) is 8.02. The van der Waals surface area contributed by atoms with Gasteiger partial charge in [-0.05, 0) is 93.0 Å². The van der Waals surface area contributed by atoms with Crippen LogP contribution in [0.1, 0.15) is 74.0 Å². The molecule has 1 aliphatic heterocycles. The van der Waals surface area contributed by atoms with Crippen LogP contribution < -0.4 is 5.32 Å². The molecule has 1 N–H and O–H groups in total. The van der Waals surface area contributed by atoms with Crippen LogP contribution in [0.3, 0.4) is 0 Å². The summed E-state index contributed by atoms with van der Waals surface area (Å²) in [5, 5.41) is 3.48. The minimum atomic E-state index is -0.0699. The number of ether oxygens (including phenoxy) is 1. The summed E-state index contributed by atoms with van der Waals surface area (Å²) in [6.07, 6.45) is 10.0. The van der Waals surface area contributed by atoms with Gasteiger partial charge in [-0.1, -0.05) is 54.6 Å². The summed E-state index contributed by atoms with van der Waals surface area (Å²) in [6.45, 7) is 4.40. The van der Waals surface area contributed by atoms with Crippen molar-refractivity contribution in [2.45, 2.75) is 76.3 Å². The van der Waals surface area contributed by atoms with Gasteiger partial charge in [-0.2, -0.15) is 0 Å². The quantitative estimate of drug-likeness (QED) is 0.350. The molecule has 1 saturated heterocycles. The molecule has 0 bridgehead atoms. The highest BCUT2D eigenvalue weighted by molar-refractivity contribution is 5.85. The van der Waals surface area contributed by atoms with Crippen molar-refractivity contribution in [3.05, 3.63) is 71.3 Å². The summed E-state index contributed by atoms with van der Waals surface area (Å²) < 4.78 is 4.84. The summed E-state index contributed by atoms with van der Waals surface area (Å²) >= 11 is 0. The molecule has 2 fully saturated rings. The Balaban J connectivity index is 0.00000228. The number of hydrogen-bond acceptors (Lipinski definition) is 4. The molecule has 0 atom stereocenters. The van der Waals surface area contributed by atoms with Crippen LogP contribution in [0.25, 0.3) is 0 Å². The molecule has 200 valence electrons. The maximum atomic E-state index is 11.5. The zero-order chi connectivity index (χ0) is 23.6. The fourth-order valence-corrected chi connectivity index (χ4v) is 5.82. The van der Waals surface area contributed by atoms with Gasteiger partial charge in [0.25, 0.3) is 0 Å². The highest BCUT2D eigenvalue weighted by Gasteiger charge is 2.26. The van der Waals surface area contributed by atoms with E-state index in [4.69, 9.17) is 4.74 Å². The van der Waals surface area contributed by atoms with Gasteiger partial charge in [0.1, 0.15) is 0 Å². The lowest BCUT2D eigenvalue weighted by molar-refractivity contribution is -0.141. The fourth-order valence-electron chi connectivity index (χ4n) is 5.82. The minimum absolute atomic E-state index is 0. The summed E-state index contributed by atoms with van der Waals surface area (Å²) in [6, 6.07) is 21.0.